The first-order chi connectivity index (χ1) is 11.7. The molecule has 126 valence electrons. The molecule has 2 aromatic rings. The molecule has 3 heteroatoms. The van der Waals surface area contributed by atoms with Crippen LogP contribution in [0.4, 0.5) is 0 Å². The maximum Gasteiger partial charge on any atom is 0.224 e. The second kappa shape index (κ2) is 7.52. The molecule has 3 rings (SSSR count). The Morgan fingerprint density at radius 1 is 1.12 bits per heavy atom. The second-order valence-electron chi connectivity index (χ2n) is 6.55. The van der Waals surface area contributed by atoms with Crippen LogP contribution < -0.4 is 10.1 Å². The van der Waals surface area contributed by atoms with Crippen molar-refractivity contribution in [2.75, 3.05) is 6.61 Å². The molecule has 1 fully saturated rings. The molecule has 3 nitrogen and oxygen atoms in total. The Labute approximate surface area is 144 Å². The summed E-state index contributed by atoms with van der Waals surface area (Å²) in [7, 11) is 0. The number of hydrogen-bond donors (Lipinski definition) is 1. The molecule has 0 aliphatic heterocycles. The summed E-state index contributed by atoms with van der Waals surface area (Å²) in [6.45, 7) is 4.70. The molecular weight excluding hydrogens is 298 g/mol. The minimum absolute atomic E-state index is 0.0802. The van der Waals surface area contributed by atoms with E-state index < -0.39 is 0 Å². The molecule has 1 aliphatic carbocycles. The van der Waals surface area contributed by atoms with Crippen molar-refractivity contribution in [2.45, 2.75) is 39.2 Å². The number of nitrogens with one attached hydrogen (secondary N) is 1. The molecular formula is C21H25NO2. The van der Waals surface area contributed by atoms with E-state index in [1.807, 2.05) is 31.2 Å². The summed E-state index contributed by atoms with van der Waals surface area (Å²) in [4.78, 5) is 12.5. The summed E-state index contributed by atoms with van der Waals surface area (Å²) in [5, 5.41) is 3.23. The normalized spacial score (nSPS) is 14.9. The number of rotatable bonds is 7. The number of ether oxygens (including phenoxy) is 1. The predicted molar refractivity (Wildman–Crippen MR) is 96.1 cm³/mol. The number of benzene rings is 2. The van der Waals surface area contributed by atoms with E-state index in [4.69, 9.17) is 4.74 Å². The first-order valence-corrected chi connectivity index (χ1v) is 8.73. The van der Waals surface area contributed by atoms with E-state index in [1.165, 1.54) is 24.0 Å². The summed E-state index contributed by atoms with van der Waals surface area (Å²) in [6, 6.07) is 16.4. The highest BCUT2D eigenvalue weighted by molar-refractivity contribution is 5.79. The standard InChI is InChI=1S/C21H25NO2/c1-3-24-19-12-6-16(7-13-19)14-20(23)22-21(18-10-11-18)17-8-4-15(2)5-9-17/h4-9,12-13,18,21H,3,10-11,14H2,1-2H3,(H,22,23). The largest absolute Gasteiger partial charge is 0.494 e. The van der Waals surface area contributed by atoms with Crippen LogP contribution >= 0.6 is 0 Å². The lowest BCUT2D eigenvalue weighted by atomic mass is 10.0. The molecule has 2 aromatic carbocycles. The maximum atomic E-state index is 12.5. The Morgan fingerprint density at radius 3 is 2.38 bits per heavy atom. The summed E-state index contributed by atoms with van der Waals surface area (Å²) < 4.78 is 5.44. The lowest BCUT2D eigenvalue weighted by Gasteiger charge is -2.19. The lowest BCUT2D eigenvalue weighted by molar-refractivity contribution is -0.121. The van der Waals surface area contributed by atoms with Crippen LogP contribution in [0.3, 0.4) is 0 Å². The molecule has 24 heavy (non-hydrogen) atoms. The lowest BCUT2D eigenvalue weighted by Crippen LogP contribution is -2.31. The molecule has 1 amide bonds. The highest BCUT2D eigenvalue weighted by Gasteiger charge is 2.33. The zero-order valence-corrected chi connectivity index (χ0v) is 14.4. The van der Waals surface area contributed by atoms with E-state index in [0.29, 0.717) is 18.9 Å². The minimum Gasteiger partial charge on any atom is -0.494 e. The van der Waals surface area contributed by atoms with Gasteiger partial charge in [0, 0.05) is 0 Å². The smallest absolute Gasteiger partial charge is 0.224 e. The van der Waals surface area contributed by atoms with Crippen LogP contribution in [0.2, 0.25) is 0 Å². The molecule has 0 saturated heterocycles. The summed E-state index contributed by atoms with van der Waals surface area (Å²) in [5.74, 6) is 1.51. The van der Waals surface area contributed by atoms with Crippen molar-refractivity contribution in [1.82, 2.24) is 5.32 Å². The average molecular weight is 323 g/mol. The third-order valence-electron chi connectivity index (χ3n) is 4.45. The van der Waals surface area contributed by atoms with Crippen LogP contribution in [0, 0.1) is 12.8 Å². The second-order valence-corrected chi connectivity index (χ2v) is 6.55. The van der Waals surface area contributed by atoms with Gasteiger partial charge in [0.15, 0.2) is 0 Å². The molecule has 0 spiro atoms. The van der Waals surface area contributed by atoms with Gasteiger partial charge >= 0.3 is 0 Å². The molecule has 1 atom stereocenters. The molecule has 0 bridgehead atoms. The van der Waals surface area contributed by atoms with Gasteiger partial charge in [-0.3, -0.25) is 4.79 Å². The zero-order valence-electron chi connectivity index (χ0n) is 14.4. The molecule has 0 radical (unpaired) electrons. The summed E-state index contributed by atoms with van der Waals surface area (Å²) >= 11 is 0. The number of carbonyl (C=O) groups is 1. The van der Waals surface area contributed by atoms with E-state index in [9.17, 15) is 4.79 Å². The predicted octanol–water partition coefficient (Wildman–Crippen LogP) is 4.20. The van der Waals surface area contributed by atoms with E-state index >= 15 is 0 Å². The van der Waals surface area contributed by atoms with Gasteiger partial charge in [-0.2, -0.15) is 0 Å². The van der Waals surface area contributed by atoms with Gasteiger partial charge in [-0.1, -0.05) is 42.0 Å². The van der Waals surface area contributed by atoms with Crippen LogP contribution in [0.15, 0.2) is 48.5 Å². The SMILES string of the molecule is CCOc1ccc(CC(=O)NC(c2ccc(C)cc2)C2CC2)cc1. The Hall–Kier alpha value is -2.29. The zero-order chi connectivity index (χ0) is 16.9. The number of aryl methyl sites for hydroxylation is 1. The van der Waals surface area contributed by atoms with Crippen LogP contribution in [-0.2, 0) is 11.2 Å². The van der Waals surface area contributed by atoms with Crippen molar-refractivity contribution in [3.05, 3.63) is 65.2 Å². The fourth-order valence-electron chi connectivity index (χ4n) is 2.96. The molecule has 1 unspecified atom stereocenters. The highest BCUT2D eigenvalue weighted by atomic mass is 16.5. The fourth-order valence-corrected chi connectivity index (χ4v) is 2.96. The van der Waals surface area contributed by atoms with E-state index in [0.717, 1.165) is 11.3 Å². The van der Waals surface area contributed by atoms with Gasteiger partial charge in [0.2, 0.25) is 5.91 Å². The van der Waals surface area contributed by atoms with Crippen LogP contribution in [0.25, 0.3) is 0 Å². The van der Waals surface area contributed by atoms with Gasteiger partial charge in [0.05, 0.1) is 19.1 Å². The van der Waals surface area contributed by atoms with Crippen LogP contribution in [0.1, 0.15) is 42.5 Å². The first-order valence-electron chi connectivity index (χ1n) is 8.73. The highest BCUT2D eigenvalue weighted by Crippen LogP contribution is 2.41. The molecule has 1 aliphatic rings. The Bertz CT molecular complexity index is 672. The Balaban J connectivity index is 1.62. The average Bonchev–Trinajstić information content (AvgIpc) is 3.41. The van der Waals surface area contributed by atoms with Crippen molar-refractivity contribution in [1.29, 1.82) is 0 Å². The monoisotopic (exact) mass is 323 g/mol. The number of carbonyl (C=O) groups excluding carboxylic acids is 1. The fraction of sp³-hybridized carbons (Fsp3) is 0.381. The number of hydrogen-bond acceptors (Lipinski definition) is 2. The minimum atomic E-state index is 0.0802. The van der Waals surface area contributed by atoms with E-state index in [1.54, 1.807) is 0 Å². The Kier molecular flexibility index (Phi) is 5.19. The first kappa shape index (κ1) is 16.6. The van der Waals surface area contributed by atoms with Crippen LogP contribution in [0.5, 0.6) is 5.75 Å². The van der Waals surface area contributed by atoms with Gasteiger partial charge < -0.3 is 10.1 Å². The van der Waals surface area contributed by atoms with E-state index in [2.05, 4.69) is 36.5 Å². The topological polar surface area (TPSA) is 38.3 Å². The number of amides is 1. The maximum absolute atomic E-state index is 12.5. The summed E-state index contributed by atoms with van der Waals surface area (Å²) in [5.41, 5.74) is 3.46. The summed E-state index contributed by atoms with van der Waals surface area (Å²) in [6.07, 6.45) is 2.80. The third kappa shape index (κ3) is 4.38. The third-order valence-corrected chi connectivity index (χ3v) is 4.45. The van der Waals surface area contributed by atoms with Gasteiger partial charge in [0.1, 0.15) is 5.75 Å². The van der Waals surface area contributed by atoms with Gasteiger partial charge in [-0.05, 0) is 55.9 Å². The van der Waals surface area contributed by atoms with Crippen LogP contribution in [-0.4, -0.2) is 12.5 Å². The van der Waals surface area contributed by atoms with E-state index in [-0.39, 0.29) is 11.9 Å². The van der Waals surface area contributed by atoms with Crippen molar-refractivity contribution in [2.24, 2.45) is 5.92 Å². The Morgan fingerprint density at radius 2 is 1.79 bits per heavy atom. The molecule has 1 saturated carbocycles. The van der Waals surface area contributed by atoms with Crippen molar-refractivity contribution in [3.8, 4) is 5.75 Å². The molecule has 0 aromatic heterocycles. The van der Waals surface area contributed by atoms with Gasteiger partial charge in [-0.15, -0.1) is 0 Å². The molecule has 1 N–H and O–H groups in total. The van der Waals surface area contributed by atoms with Crippen molar-refractivity contribution < 1.29 is 9.53 Å². The van der Waals surface area contributed by atoms with Crippen molar-refractivity contribution in [3.63, 3.8) is 0 Å². The van der Waals surface area contributed by atoms with Gasteiger partial charge in [-0.25, -0.2) is 0 Å². The van der Waals surface area contributed by atoms with Crippen molar-refractivity contribution >= 4 is 5.91 Å². The quantitative estimate of drug-likeness (QED) is 0.829. The molecule has 0 heterocycles. The van der Waals surface area contributed by atoms with Gasteiger partial charge in [0.25, 0.3) is 0 Å².